The molecule has 0 amide bonds. The van der Waals surface area contributed by atoms with E-state index in [1.807, 2.05) is 7.05 Å². The fraction of sp³-hybridized carbons (Fsp3) is 0.600. The highest BCUT2D eigenvalue weighted by Crippen LogP contribution is 2.29. The summed E-state index contributed by atoms with van der Waals surface area (Å²) < 4.78 is 5.83. The van der Waals surface area contributed by atoms with Crippen LogP contribution in [0.1, 0.15) is 44.6 Å². The van der Waals surface area contributed by atoms with E-state index in [0.717, 1.165) is 12.2 Å². The summed E-state index contributed by atoms with van der Waals surface area (Å²) in [5.74, 6) is 1.61. The van der Waals surface area contributed by atoms with Crippen molar-refractivity contribution in [1.29, 1.82) is 0 Å². The Morgan fingerprint density at radius 1 is 1.35 bits per heavy atom. The van der Waals surface area contributed by atoms with Crippen molar-refractivity contribution < 1.29 is 4.74 Å². The third-order valence-corrected chi connectivity index (χ3v) is 3.45. The second kappa shape index (κ2) is 5.54. The Kier molecular flexibility index (Phi) is 4.06. The second-order valence-electron chi connectivity index (χ2n) is 5.22. The number of ether oxygens (including phenoxy) is 1. The van der Waals surface area contributed by atoms with Gasteiger partial charge in [0.2, 0.25) is 0 Å². The third-order valence-electron chi connectivity index (χ3n) is 3.45. The zero-order chi connectivity index (χ0) is 12.3. The lowest BCUT2D eigenvalue weighted by Gasteiger charge is -2.17. The van der Waals surface area contributed by atoms with Crippen LogP contribution in [0.4, 0.5) is 0 Å². The van der Waals surface area contributed by atoms with Gasteiger partial charge >= 0.3 is 0 Å². The first-order valence-electron chi connectivity index (χ1n) is 6.63. The van der Waals surface area contributed by atoms with Crippen LogP contribution in [0.25, 0.3) is 0 Å². The van der Waals surface area contributed by atoms with Crippen LogP contribution in [0.3, 0.4) is 0 Å². The van der Waals surface area contributed by atoms with Gasteiger partial charge in [-0.1, -0.05) is 19.1 Å². The SMILES string of the molecule is CNC(C)CC(C)c1cccc(OC2CC2)c1. The lowest BCUT2D eigenvalue weighted by Crippen LogP contribution is -2.22. The molecule has 94 valence electrons. The predicted octanol–water partition coefficient (Wildman–Crippen LogP) is 3.33. The highest BCUT2D eigenvalue weighted by Gasteiger charge is 2.23. The summed E-state index contributed by atoms with van der Waals surface area (Å²) in [6, 6.07) is 9.12. The minimum absolute atomic E-state index is 0.483. The molecule has 0 aromatic heterocycles. The minimum Gasteiger partial charge on any atom is -0.490 e. The summed E-state index contributed by atoms with van der Waals surface area (Å²) in [4.78, 5) is 0. The van der Waals surface area contributed by atoms with Gasteiger partial charge in [-0.05, 0) is 56.8 Å². The molecule has 1 aliphatic carbocycles. The molecule has 0 heterocycles. The van der Waals surface area contributed by atoms with Crippen LogP contribution in [0.5, 0.6) is 5.75 Å². The Hall–Kier alpha value is -1.02. The Bertz CT molecular complexity index is 360. The third kappa shape index (κ3) is 3.74. The van der Waals surface area contributed by atoms with Crippen molar-refractivity contribution in [3.63, 3.8) is 0 Å². The van der Waals surface area contributed by atoms with E-state index in [1.54, 1.807) is 0 Å². The molecule has 2 unspecified atom stereocenters. The fourth-order valence-electron chi connectivity index (χ4n) is 2.06. The first-order chi connectivity index (χ1) is 8.19. The molecule has 1 aromatic carbocycles. The molecule has 1 saturated carbocycles. The van der Waals surface area contributed by atoms with Crippen molar-refractivity contribution in [3.05, 3.63) is 29.8 Å². The van der Waals surface area contributed by atoms with Crippen molar-refractivity contribution in [2.24, 2.45) is 0 Å². The number of hydrogen-bond donors (Lipinski definition) is 1. The van der Waals surface area contributed by atoms with Gasteiger partial charge in [-0.15, -0.1) is 0 Å². The molecule has 1 fully saturated rings. The number of rotatable bonds is 6. The van der Waals surface area contributed by atoms with Gasteiger partial charge in [-0.3, -0.25) is 0 Å². The van der Waals surface area contributed by atoms with Gasteiger partial charge < -0.3 is 10.1 Å². The first-order valence-corrected chi connectivity index (χ1v) is 6.63. The van der Waals surface area contributed by atoms with Crippen molar-refractivity contribution >= 4 is 0 Å². The number of nitrogens with one attached hydrogen (secondary N) is 1. The van der Waals surface area contributed by atoms with Gasteiger partial charge in [0, 0.05) is 6.04 Å². The molecule has 2 rings (SSSR count). The average molecular weight is 233 g/mol. The number of benzene rings is 1. The van der Waals surface area contributed by atoms with Crippen molar-refractivity contribution in [2.75, 3.05) is 7.05 Å². The van der Waals surface area contributed by atoms with Gasteiger partial charge in [0.1, 0.15) is 5.75 Å². The molecule has 2 atom stereocenters. The van der Waals surface area contributed by atoms with Crippen LogP contribution in [-0.4, -0.2) is 19.2 Å². The zero-order valence-electron chi connectivity index (χ0n) is 11.1. The van der Waals surface area contributed by atoms with Crippen molar-refractivity contribution in [2.45, 2.75) is 51.2 Å². The summed E-state index contributed by atoms with van der Waals surface area (Å²) in [5, 5.41) is 3.29. The van der Waals surface area contributed by atoms with Gasteiger partial charge in [-0.25, -0.2) is 0 Å². The van der Waals surface area contributed by atoms with Gasteiger partial charge in [0.15, 0.2) is 0 Å². The summed E-state index contributed by atoms with van der Waals surface area (Å²) in [5.41, 5.74) is 1.38. The van der Waals surface area contributed by atoms with E-state index in [1.165, 1.54) is 18.4 Å². The average Bonchev–Trinajstić information content (AvgIpc) is 3.13. The molecule has 17 heavy (non-hydrogen) atoms. The van der Waals surface area contributed by atoms with Crippen molar-refractivity contribution in [3.8, 4) is 5.75 Å². The van der Waals surface area contributed by atoms with Gasteiger partial charge in [0.05, 0.1) is 6.10 Å². The smallest absolute Gasteiger partial charge is 0.119 e. The highest BCUT2D eigenvalue weighted by atomic mass is 16.5. The monoisotopic (exact) mass is 233 g/mol. The maximum atomic E-state index is 5.83. The molecule has 1 aromatic rings. The summed E-state index contributed by atoms with van der Waals surface area (Å²) in [7, 11) is 2.02. The molecule has 0 spiro atoms. The maximum Gasteiger partial charge on any atom is 0.119 e. The molecule has 1 N–H and O–H groups in total. The van der Waals surface area contributed by atoms with Crippen molar-refractivity contribution in [1.82, 2.24) is 5.32 Å². The van der Waals surface area contributed by atoms with E-state index in [0.29, 0.717) is 18.1 Å². The predicted molar refractivity (Wildman–Crippen MR) is 71.6 cm³/mol. The summed E-state index contributed by atoms with van der Waals surface area (Å²) in [6.07, 6.45) is 4.08. The van der Waals surface area contributed by atoms with Crippen LogP contribution in [0, 0.1) is 0 Å². The summed E-state index contributed by atoms with van der Waals surface area (Å²) >= 11 is 0. The molecule has 2 heteroatoms. The topological polar surface area (TPSA) is 21.3 Å². The van der Waals surface area contributed by atoms with Crippen LogP contribution in [0.2, 0.25) is 0 Å². The molecule has 1 aliphatic rings. The van der Waals surface area contributed by atoms with Gasteiger partial charge in [-0.2, -0.15) is 0 Å². The van der Waals surface area contributed by atoms with Gasteiger partial charge in [0.25, 0.3) is 0 Å². The lowest BCUT2D eigenvalue weighted by atomic mass is 9.94. The Morgan fingerprint density at radius 3 is 2.76 bits per heavy atom. The minimum atomic E-state index is 0.483. The zero-order valence-corrected chi connectivity index (χ0v) is 11.1. The standard InChI is InChI=1S/C15H23NO/c1-11(9-12(2)16-3)13-5-4-6-15(10-13)17-14-7-8-14/h4-6,10-12,14,16H,7-9H2,1-3H3. The molecule has 2 nitrogen and oxygen atoms in total. The van der Waals surface area contributed by atoms with Crippen LogP contribution in [-0.2, 0) is 0 Å². The largest absolute Gasteiger partial charge is 0.490 e. The molecule has 0 aliphatic heterocycles. The van der Waals surface area contributed by atoms with E-state index in [-0.39, 0.29) is 0 Å². The molecular formula is C15H23NO. The van der Waals surface area contributed by atoms with Crippen LogP contribution in [0.15, 0.2) is 24.3 Å². The van der Waals surface area contributed by atoms with E-state index in [4.69, 9.17) is 4.74 Å². The van der Waals surface area contributed by atoms with E-state index < -0.39 is 0 Å². The first kappa shape index (κ1) is 12.4. The second-order valence-corrected chi connectivity index (χ2v) is 5.22. The quantitative estimate of drug-likeness (QED) is 0.813. The molecule has 0 bridgehead atoms. The Labute approximate surface area is 104 Å². The summed E-state index contributed by atoms with van der Waals surface area (Å²) in [6.45, 7) is 4.51. The van der Waals surface area contributed by atoms with E-state index >= 15 is 0 Å². The molecule has 0 radical (unpaired) electrons. The molecule has 0 saturated heterocycles. The highest BCUT2D eigenvalue weighted by molar-refractivity contribution is 5.31. The normalized spacial score (nSPS) is 18.8. The van der Waals surface area contributed by atoms with E-state index in [9.17, 15) is 0 Å². The fourth-order valence-corrected chi connectivity index (χ4v) is 2.06. The number of hydrogen-bond acceptors (Lipinski definition) is 2. The maximum absolute atomic E-state index is 5.83. The van der Waals surface area contributed by atoms with Crippen LogP contribution < -0.4 is 10.1 Å². The van der Waals surface area contributed by atoms with E-state index in [2.05, 4.69) is 43.4 Å². The lowest BCUT2D eigenvalue weighted by molar-refractivity contribution is 0.302. The molecular weight excluding hydrogens is 210 g/mol. The Balaban J connectivity index is 1.98. The van der Waals surface area contributed by atoms with Crippen LogP contribution >= 0.6 is 0 Å². The Morgan fingerprint density at radius 2 is 2.12 bits per heavy atom.